The molecule has 1 fully saturated rings. The van der Waals surface area contributed by atoms with Gasteiger partial charge in [0.1, 0.15) is 0 Å². The fraction of sp³-hybridized carbons (Fsp3) is 0.800. The summed E-state index contributed by atoms with van der Waals surface area (Å²) in [4.78, 5) is 2.42. The van der Waals surface area contributed by atoms with Gasteiger partial charge in [0.25, 0.3) is 0 Å². The summed E-state index contributed by atoms with van der Waals surface area (Å²) in [5.41, 5.74) is 1.47. The van der Waals surface area contributed by atoms with Gasteiger partial charge in [0, 0.05) is 29.2 Å². The zero-order valence-corrected chi connectivity index (χ0v) is 9.78. The molecule has 0 saturated carbocycles. The maximum Gasteiger partial charge on any atom is 0.0434 e. The summed E-state index contributed by atoms with van der Waals surface area (Å²) < 4.78 is 0. The molecule has 0 radical (unpaired) electrons. The molecule has 1 rings (SSSR count). The van der Waals surface area contributed by atoms with Crippen LogP contribution in [0.2, 0.25) is 0 Å². The minimum Gasteiger partial charge on any atom is -0.293 e. The van der Waals surface area contributed by atoms with E-state index in [0.29, 0.717) is 12.1 Å². The Bertz CT molecular complexity index is 181. The highest BCUT2D eigenvalue weighted by Gasteiger charge is 2.24. The minimum atomic E-state index is 0.633. The Labute approximate surface area is 90.7 Å². The Kier molecular flexibility index (Phi) is 4.57. The summed E-state index contributed by atoms with van der Waals surface area (Å²) in [6.45, 7) is 5.31. The Hall–Kier alpha value is 0.280. The van der Waals surface area contributed by atoms with E-state index < -0.39 is 0 Å². The van der Waals surface area contributed by atoms with E-state index in [1.165, 1.54) is 24.8 Å². The van der Waals surface area contributed by atoms with Gasteiger partial charge in [-0.15, -0.1) is 0 Å². The van der Waals surface area contributed by atoms with E-state index in [1.807, 2.05) is 0 Å². The van der Waals surface area contributed by atoms with Crippen molar-refractivity contribution in [3.05, 3.63) is 10.6 Å². The molecule has 0 aliphatic carbocycles. The fourth-order valence-electron chi connectivity index (χ4n) is 2.00. The van der Waals surface area contributed by atoms with Crippen LogP contribution >= 0.6 is 23.2 Å². The fourth-order valence-corrected chi connectivity index (χ4v) is 2.20. The van der Waals surface area contributed by atoms with Crippen molar-refractivity contribution in [3.8, 4) is 0 Å². The topological polar surface area (TPSA) is 3.24 Å². The molecule has 0 N–H and O–H groups in total. The van der Waals surface area contributed by atoms with Gasteiger partial charge in [-0.25, -0.2) is 0 Å². The van der Waals surface area contributed by atoms with Crippen LogP contribution in [0.3, 0.4) is 0 Å². The first-order valence-electron chi connectivity index (χ1n) is 4.85. The molecule has 76 valence electrons. The largest absolute Gasteiger partial charge is 0.293 e. The van der Waals surface area contributed by atoms with E-state index in [4.69, 9.17) is 23.2 Å². The number of piperidine rings is 1. The number of nitrogens with zero attached hydrogens (tertiary/aromatic N) is 1. The number of halogens is 2. The second-order valence-corrected chi connectivity index (χ2v) is 4.56. The molecule has 0 aromatic heterocycles. The van der Waals surface area contributed by atoms with Crippen molar-refractivity contribution in [2.75, 3.05) is 6.54 Å². The van der Waals surface area contributed by atoms with Crippen molar-refractivity contribution in [1.29, 1.82) is 0 Å². The van der Waals surface area contributed by atoms with Crippen molar-refractivity contribution in [1.82, 2.24) is 4.90 Å². The highest BCUT2D eigenvalue weighted by atomic mass is 35.5. The molecular formula is C10H17Cl2N. The van der Waals surface area contributed by atoms with Gasteiger partial charge >= 0.3 is 0 Å². The van der Waals surface area contributed by atoms with Crippen molar-refractivity contribution < 1.29 is 0 Å². The molecule has 0 bridgehead atoms. The molecule has 1 aliphatic heterocycles. The first kappa shape index (κ1) is 11.4. The van der Waals surface area contributed by atoms with Gasteiger partial charge in [-0.05, 0) is 26.7 Å². The van der Waals surface area contributed by atoms with Crippen LogP contribution in [0.4, 0.5) is 0 Å². The highest BCUT2D eigenvalue weighted by Crippen LogP contribution is 2.24. The third-order valence-corrected chi connectivity index (χ3v) is 3.43. The lowest BCUT2D eigenvalue weighted by Crippen LogP contribution is -2.44. The standard InChI is InChI=1S/C10H17Cl2N/c1-8-4-3-5-9(2)13(8)7-10(12)6-11/h6,8-9H,3-5,7H2,1-2H3/b10-6-/t8-,9-/m1/s1. The molecule has 13 heavy (non-hydrogen) atoms. The molecule has 0 aromatic rings. The first-order valence-corrected chi connectivity index (χ1v) is 5.67. The lowest BCUT2D eigenvalue weighted by molar-refractivity contribution is 0.117. The van der Waals surface area contributed by atoms with Crippen LogP contribution in [0, 0.1) is 0 Å². The minimum absolute atomic E-state index is 0.633. The van der Waals surface area contributed by atoms with Gasteiger partial charge in [0.15, 0.2) is 0 Å². The van der Waals surface area contributed by atoms with Crippen molar-refractivity contribution >= 4 is 23.2 Å². The van der Waals surface area contributed by atoms with E-state index >= 15 is 0 Å². The zero-order valence-electron chi connectivity index (χ0n) is 8.26. The van der Waals surface area contributed by atoms with E-state index in [-0.39, 0.29) is 0 Å². The average molecular weight is 222 g/mol. The van der Waals surface area contributed by atoms with Crippen LogP contribution in [0.1, 0.15) is 33.1 Å². The maximum atomic E-state index is 5.92. The lowest BCUT2D eigenvalue weighted by Gasteiger charge is -2.38. The second kappa shape index (κ2) is 5.23. The highest BCUT2D eigenvalue weighted by molar-refractivity contribution is 6.36. The SMILES string of the molecule is C[C@@H]1CCC[C@@H](C)N1C/C(Cl)=C/Cl. The molecule has 0 spiro atoms. The Morgan fingerprint density at radius 3 is 2.38 bits per heavy atom. The summed E-state index contributed by atoms with van der Waals surface area (Å²) >= 11 is 11.5. The van der Waals surface area contributed by atoms with Gasteiger partial charge in [-0.1, -0.05) is 29.6 Å². The third-order valence-electron chi connectivity index (χ3n) is 2.83. The summed E-state index contributed by atoms with van der Waals surface area (Å²) in [6, 6.07) is 1.27. The van der Waals surface area contributed by atoms with Gasteiger partial charge < -0.3 is 0 Å². The average Bonchev–Trinajstić information content (AvgIpc) is 2.11. The Morgan fingerprint density at radius 2 is 1.92 bits per heavy atom. The molecule has 1 heterocycles. The Morgan fingerprint density at radius 1 is 1.38 bits per heavy atom. The zero-order chi connectivity index (χ0) is 9.84. The van der Waals surface area contributed by atoms with Crippen LogP contribution in [-0.2, 0) is 0 Å². The smallest absolute Gasteiger partial charge is 0.0434 e. The predicted molar refractivity (Wildman–Crippen MR) is 59.3 cm³/mol. The van der Waals surface area contributed by atoms with E-state index in [2.05, 4.69) is 18.7 Å². The van der Waals surface area contributed by atoms with Crippen molar-refractivity contribution in [3.63, 3.8) is 0 Å². The molecule has 1 saturated heterocycles. The van der Waals surface area contributed by atoms with Crippen LogP contribution in [0.15, 0.2) is 10.6 Å². The molecule has 0 aromatic carbocycles. The number of hydrogen-bond acceptors (Lipinski definition) is 1. The van der Waals surface area contributed by atoms with Crippen LogP contribution in [-0.4, -0.2) is 23.5 Å². The molecular weight excluding hydrogens is 205 g/mol. The van der Waals surface area contributed by atoms with Crippen LogP contribution in [0.5, 0.6) is 0 Å². The normalized spacial score (nSPS) is 32.2. The van der Waals surface area contributed by atoms with E-state index in [1.54, 1.807) is 0 Å². The molecule has 0 amide bonds. The summed E-state index contributed by atoms with van der Waals surface area (Å²) in [5, 5.41) is 0.738. The van der Waals surface area contributed by atoms with Crippen LogP contribution < -0.4 is 0 Å². The predicted octanol–water partition coefficient (Wildman–Crippen LogP) is 3.57. The van der Waals surface area contributed by atoms with Crippen LogP contribution in [0.25, 0.3) is 0 Å². The first-order chi connectivity index (χ1) is 6.15. The number of hydrogen-bond donors (Lipinski definition) is 0. The van der Waals surface area contributed by atoms with Gasteiger partial charge in [0.05, 0.1) is 0 Å². The summed E-state index contributed by atoms with van der Waals surface area (Å²) in [5.74, 6) is 0. The van der Waals surface area contributed by atoms with Gasteiger partial charge in [0.2, 0.25) is 0 Å². The molecule has 3 heteroatoms. The van der Waals surface area contributed by atoms with Gasteiger partial charge in [-0.2, -0.15) is 0 Å². The molecule has 1 nitrogen and oxygen atoms in total. The number of rotatable bonds is 2. The second-order valence-electron chi connectivity index (χ2n) is 3.86. The van der Waals surface area contributed by atoms with Crippen molar-refractivity contribution in [2.24, 2.45) is 0 Å². The van der Waals surface area contributed by atoms with Crippen molar-refractivity contribution in [2.45, 2.75) is 45.2 Å². The quantitative estimate of drug-likeness (QED) is 0.690. The maximum absolute atomic E-state index is 5.92. The van der Waals surface area contributed by atoms with Gasteiger partial charge in [-0.3, -0.25) is 4.90 Å². The summed E-state index contributed by atoms with van der Waals surface area (Å²) in [6.07, 6.45) is 3.88. The summed E-state index contributed by atoms with van der Waals surface area (Å²) in [7, 11) is 0. The molecule has 2 atom stereocenters. The third kappa shape index (κ3) is 3.16. The van der Waals surface area contributed by atoms with E-state index in [0.717, 1.165) is 11.6 Å². The molecule has 0 unspecified atom stereocenters. The number of likely N-dealkylation sites (tertiary alicyclic amines) is 1. The molecule has 1 aliphatic rings. The van der Waals surface area contributed by atoms with E-state index in [9.17, 15) is 0 Å². The monoisotopic (exact) mass is 221 g/mol. The lowest BCUT2D eigenvalue weighted by atomic mass is 9.98. The Balaban J connectivity index is 2.53.